The Bertz CT molecular complexity index is 274. The van der Waals surface area contributed by atoms with Crippen LogP contribution in [-0.4, -0.2) is 25.0 Å². The van der Waals surface area contributed by atoms with Crippen molar-refractivity contribution in [2.24, 2.45) is 0 Å². The highest BCUT2D eigenvalue weighted by Crippen LogP contribution is 2.09. The molecule has 1 aromatic rings. The fourth-order valence-corrected chi connectivity index (χ4v) is 0.865. The number of rotatable bonds is 1. The van der Waals surface area contributed by atoms with Gasteiger partial charge in [0, 0.05) is 17.6 Å². The molecule has 14 heavy (non-hydrogen) atoms. The zero-order valence-electron chi connectivity index (χ0n) is 8.47. The molecule has 0 aliphatic carbocycles. The number of pyridine rings is 1. The van der Waals surface area contributed by atoms with Crippen molar-refractivity contribution in [3.05, 3.63) is 22.8 Å². The second-order valence-corrected chi connectivity index (χ2v) is 3.46. The van der Waals surface area contributed by atoms with E-state index >= 15 is 0 Å². The van der Waals surface area contributed by atoms with E-state index in [0.717, 1.165) is 4.47 Å². The molecule has 0 saturated carbocycles. The largest absolute Gasteiger partial charge is 0.323 e. The van der Waals surface area contributed by atoms with Gasteiger partial charge in [-0.05, 0) is 42.2 Å². The second-order valence-electron chi connectivity index (χ2n) is 2.54. The molecule has 0 saturated heterocycles. The molecule has 0 fully saturated rings. The van der Waals surface area contributed by atoms with E-state index in [9.17, 15) is 4.79 Å². The Hall–Kier alpha value is -0.940. The number of hydrogen-bond acceptors (Lipinski definition) is 3. The maximum absolute atomic E-state index is 10.5. The van der Waals surface area contributed by atoms with Gasteiger partial charge in [-0.25, -0.2) is 4.98 Å². The number of aromatic nitrogens is 1. The molecule has 0 bridgehead atoms. The van der Waals surface area contributed by atoms with E-state index in [4.69, 9.17) is 0 Å². The standard InChI is InChI=1S/C7H7BrN2O.C2H7N/c1-5(11)10-7-3-2-6(8)4-9-7;1-3-2/h2-4H,1H3,(H,9,10,11);3H,1-2H3. The van der Waals surface area contributed by atoms with Gasteiger partial charge in [0.1, 0.15) is 5.82 Å². The van der Waals surface area contributed by atoms with Crippen molar-refractivity contribution in [2.75, 3.05) is 19.4 Å². The minimum atomic E-state index is -0.111. The molecule has 0 atom stereocenters. The average molecular weight is 260 g/mol. The van der Waals surface area contributed by atoms with Gasteiger partial charge >= 0.3 is 0 Å². The second kappa shape index (κ2) is 7.46. The third-order valence-corrected chi connectivity index (χ3v) is 1.50. The molecule has 0 unspecified atom stereocenters. The van der Waals surface area contributed by atoms with Crippen molar-refractivity contribution in [1.82, 2.24) is 10.3 Å². The fourth-order valence-electron chi connectivity index (χ4n) is 0.630. The number of halogens is 1. The van der Waals surface area contributed by atoms with E-state index < -0.39 is 0 Å². The molecular weight excluding hydrogens is 246 g/mol. The van der Waals surface area contributed by atoms with Crippen LogP contribution in [0.15, 0.2) is 22.8 Å². The molecule has 0 aliphatic heterocycles. The van der Waals surface area contributed by atoms with Gasteiger partial charge in [-0.15, -0.1) is 0 Å². The van der Waals surface area contributed by atoms with E-state index in [-0.39, 0.29) is 5.91 Å². The molecule has 1 aromatic heterocycles. The lowest BCUT2D eigenvalue weighted by Gasteiger charge is -1.98. The Morgan fingerprint density at radius 2 is 2.00 bits per heavy atom. The summed E-state index contributed by atoms with van der Waals surface area (Å²) in [4.78, 5) is 14.5. The minimum absolute atomic E-state index is 0.111. The van der Waals surface area contributed by atoms with Crippen LogP contribution in [0.1, 0.15) is 6.92 Å². The predicted molar refractivity (Wildman–Crippen MR) is 61.2 cm³/mol. The first-order valence-electron chi connectivity index (χ1n) is 4.07. The van der Waals surface area contributed by atoms with E-state index in [1.807, 2.05) is 20.2 Å². The van der Waals surface area contributed by atoms with Crippen LogP contribution in [-0.2, 0) is 4.79 Å². The molecule has 5 heteroatoms. The van der Waals surface area contributed by atoms with Gasteiger partial charge < -0.3 is 10.6 Å². The number of nitrogens with one attached hydrogen (secondary N) is 2. The van der Waals surface area contributed by atoms with Crippen molar-refractivity contribution >= 4 is 27.7 Å². The molecule has 1 amide bonds. The minimum Gasteiger partial charge on any atom is -0.323 e. The number of carbonyl (C=O) groups is 1. The lowest BCUT2D eigenvalue weighted by atomic mass is 10.4. The summed E-state index contributed by atoms with van der Waals surface area (Å²) in [5.41, 5.74) is 0. The number of hydrogen-bond donors (Lipinski definition) is 2. The van der Waals surface area contributed by atoms with Crippen LogP contribution < -0.4 is 10.6 Å². The monoisotopic (exact) mass is 259 g/mol. The van der Waals surface area contributed by atoms with Crippen molar-refractivity contribution in [3.63, 3.8) is 0 Å². The zero-order chi connectivity index (χ0) is 11.0. The Morgan fingerprint density at radius 1 is 1.43 bits per heavy atom. The van der Waals surface area contributed by atoms with Crippen molar-refractivity contribution in [1.29, 1.82) is 0 Å². The molecule has 78 valence electrons. The summed E-state index contributed by atoms with van der Waals surface area (Å²) in [7, 11) is 3.75. The summed E-state index contributed by atoms with van der Waals surface area (Å²) in [6, 6.07) is 3.55. The molecule has 1 heterocycles. The molecular formula is C9H14BrN3O. The first kappa shape index (κ1) is 13.1. The molecule has 0 aliphatic rings. The highest BCUT2D eigenvalue weighted by molar-refractivity contribution is 9.10. The van der Waals surface area contributed by atoms with Crippen molar-refractivity contribution in [2.45, 2.75) is 6.92 Å². The van der Waals surface area contributed by atoms with E-state index in [2.05, 4.69) is 31.5 Å². The lowest BCUT2D eigenvalue weighted by Crippen LogP contribution is -2.06. The Labute approximate surface area is 92.2 Å². The quantitative estimate of drug-likeness (QED) is 0.807. The van der Waals surface area contributed by atoms with Crippen LogP contribution in [0.3, 0.4) is 0 Å². The van der Waals surface area contributed by atoms with Crippen LogP contribution in [0, 0.1) is 0 Å². The molecule has 4 nitrogen and oxygen atoms in total. The van der Waals surface area contributed by atoms with Crippen LogP contribution in [0.4, 0.5) is 5.82 Å². The number of amides is 1. The third-order valence-electron chi connectivity index (χ3n) is 1.03. The summed E-state index contributed by atoms with van der Waals surface area (Å²) in [5, 5.41) is 5.31. The smallest absolute Gasteiger partial charge is 0.222 e. The normalized spacial score (nSPS) is 8.57. The van der Waals surface area contributed by atoms with Crippen molar-refractivity contribution in [3.8, 4) is 0 Å². The topological polar surface area (TPSA) is 54.0 Å². The molecule has 0 radical (unpaired) electrons. The van der Waals surface area contributed by atoms with E-state index in [1.165, 1.54) is 6.92 Å². The predicted octanol–water partition coefficient (Wildman–Crippen LogP) is 1.64. The highest BCUT2D eigenvalue weighted by atomic mass is 79.9. The first-order chi connectivity index (χ1) is 6.60. The Morgan fingerprint density at radius 3 is 2.36 bits per heavy atom. The van der Waals surface area contributed by atoms with Gasteiger partial charge in [-0.3, -0.25) is 4.79 Å². The maximum Gasteiger partial charge on any atom is 0.222 e. The Balaban J connectivity index is 0.000000500. The van der Waals surface area contributed by atoms with Crippen LogP contribution >= 0.6 is 15.9 Å². The summed E-state index contributed by atoms with van der Waals surface area (Å²) in [6.45, 7) is 1.45. The Kier molecular flexibility index (Phi) is 6.96. The summed E-state index contributed by atoms with van der Waals surface area (Å²) in [5.74, 6) is 0.459. The van der Waals surface area contributed by atoms with Gasteiger partial charge in [0.2, 0.25) is 5.91 Å². The number of anilines is 1. The SMILES string of the molecule is CC(=O)Nc1ccc(Br)cn1.CNC. The lowest BCUT2D eigenvalue weighted by molar-refractivity contribution is -0.114. The zero-order valence-corrected chi connectivity index (χ0v) is 10.1. The molecule has 1 rings (SSSR count). The van der Waals surface area contributed by atoms with Crippen LogP contribution in [0.2, 0.25) is 0 Å². The van der Waals surface area contributed by atoms with Crippen LogP contribution in [0.25, 0.3) is 0 Å². The summed E-state index contributed by atoms with van der Waals surface area (Å²) < 4.78 is 0.895. The van der Waals surface area contributed by atoms with Gasteiger partial charge in [0.15, 0.2) is 0 Å². The molecule has 0 aromatic carbocycles. The third kappa shape index (κ3) is 6.56. The van der Waals surface area contributed by atoms with Gasteiger partial charge in [-0.2, -0.15) is 0 Å². The fraction of sp³-hybridized carbons (Fsp3) is 0.333. The first-order valence-corrected chi connectivity index (χ1v) is 4.87. The van der Waals surface area contributed by atoms with Crippen LogP contribution in [0.5, 0.6) is 0 Å². The average Bonchev–Trinajstić information content (AvgIpc) is 2.09. The summed E-state index contributed by atoms with van der Waals surface area (Å²) >= 11 is 3.24. The van der Waals surface area contributed by atoms with Gasteiger partial charge in [0.25, 0.3) is 0 Å². The summed E-state index contributed by atoms with van der Waals surface area (Å²) in [6.07, 6.45) is 1.63. The van der Waals surface area contributed by atoms with E-state index in [0.29, 0.717) is 5.82 Å². The molecule has 2 N–H and O–H groups in total. The number of carbonyl (C=O) groups excluding carboxylic acids is 1. The number of nitrogens with zero attached hydrogens (tertiary/aromatic N) is 1. The maximum atomic E-state index is 10.5. The van der Waals surface area contributed by atoms with Crippen molar-refractivity contribution < 1.29 is 4.79 Å². The molecule has 0 spiro atoms. The van der Waals surface area contributed by atoms with E-state index in [1.54, 1.807) is 12.3 Å². The highest BCUT2D eigenvalue weighted by Gasteiger charge is 1.94. The van der Waals surface area contributed by atoms with Gasteiger partial charge in [0.05, 0.1) is 0 Å². The van der Waals surface area contributed by atoms with Gasteiger partial charge in [-0.1, -0.05) is 0 Å².